The van der Waals surface area contributed by atoms with Crippen LogP contribution in [0.15, 0.2) is 0 Å². The fourth-order valence-corrected chi connectivity index (χ4v) is 3.08. The smallest absolute Gasteiger partial charge is 0.0612 e. The Morgan fingerprint density at radius 3 is 2.53 bits per heavy atom. The molecule has 4 atom stereocenters. The van der Waals surface area contributed by atoms with Gasteiger partial charge < -0.3 is 14.8 Å². The van der Waals surface area contributed by atoms with Crippen molar-refractivity contribution >= 4 is 0 Å². The lowest BCUT2D eigenvalue weighted by molar-refractivity contribution is -0.0260. The molecule has 0 bridgehead atoms. The molecule has 0 aromatic heterocycles. The molecule has 1 aliphatic carbocycles. The monoisotopic (exact) mass is 241 g/mol. The molecule has 0 spiro atoms. The molecule has 1 N–H and O–H groups in total. The van der Waals surface area contributed by atoms with Crippen LogP contribution < -0.4 is 5.32 Å². The topological polar surface area (TPSA) is 30.5 Å². The van der Waals surface area contributed by atoms with Crippen molar-refractivity contribution < 1.29 is 9.47 Å². The summed E-state index contributed by atoms with van der Waals surface area (Å²) in [6.07, 6.45) is 6.92. The Morgan fingerprint density at radius 1 is 1.12 bits per heavy atom. The van der Waals surface area contributed by atoms with E-state index in [2.05, 4.69) is 19.2 Å². The molecule has 2 fully saturated rings. The zero-order valence-corrected chi connectivity index (χ0v) is 11.4. The zero-order valence-electron chi connectivity index (χ0n) is 11.4. The van der Waals surface area contributed by atoms with Gasteiger partial charge in [0.25, 0.3) is 0 Å². The molecule has 0 aromatic rings. The third-order valence-electron chi connectivity index (χ3n) is 4.25. The molecule has 0 aromatic carbocycles. The van der Waals surface area contributed by atoms with Gasteiger partial charge in [0.05, 0.1) is 12.2 Å². The average Bonchev–Trinajstić information content (AvgIpc) is 2.77. The second kappa shape index (κ2) is 6.17. The van der Waals surface area contributed by atoms with E-state index in [0.717, 1.165) is 13.0 Å². The van der Waals surface area contributed by atoms with E-state index in [0.29, 0.717) is 30.2 Å². The number of ether oxygens (including phenoxy) is 2. The van der Waals surface area contributed by atoms with Crippen LogP contribution in [-0.2, 0) is 9.47 Å². The van der Waals surface area contributed by atoms with Gasteiger partial charge in [-0.25, -0.2) is 0 Å². The third kappa shape index (κ3) is 3.67. The summed E-state index contributed by atoms with van der Waals surface area (Å²) in [5, 5.41) is 3.81. The van der Waals surface area contributed by atoms with Crippen LogP contribution in [0.4, 0.5) is 0 Å². The Kier molecular flexibility index (Phi) is 4.83. The van der Waals surface area contributed by atoms with E-state index in [1.165, 1.54) is 25.7 Å². The zero-order chi connectivity index (χ0) is 12.3. The largest absolute Gasteiger partial charge is 0.381 e. The predicted octanol–water partition coefficient (Wildman–Crippen LogP) is 2.35. The molecule has 1 saturated heterocycles. The molecule has 17 heavy (non-hydrogen) atoms. The van der Waals surface area contributed by atoms with Crippen LogP contribution in [-0.4, -0.2) is 38.0 Å². The predicted molar refractivity (Wildman–Crippen MR) is 69.2 cm³/mol. The molecular weight excluding hydrogens is 214 g/mol. The summed E-state index contributed by atoms with van der Waals surface area (Å²) in [5.74, 6) is 0.634. The number of hydrogen-bond acceptors (Lipinski definition) is 3. The van der Waals surface area contributed by atoms with E-state index in [4.69, 9.17) is 9.47 Å². The molecule has 100 valence electrons. The lowest BCUT2D eigenvalue weighted by atomic mass is 9.95. The highest BCUT2D eigenvalue weighted by Crippen LogP contribution is 2.25. The quantitative estimate of drug-likeness (QED) is 0.819. The SMILES string of the molecule is COC1CCC(NC2CCOC(C(C)C)C2)C1. The van der Waals surface area contributed by atoms with Gasteiger partial charge in [-0.15, -0.1) is 0 Å². The summed E-state index contributed by atoms with van der Waals surface area (Å²) in [6.45, 7) is 5.42. The summed E-state index contributed by atoms with van der Waals surface area (Å²) in [4.78, 5) is 0. The first-order chi connectivity index (χ1) is 8.19. The maximum Gasteiger partial charge on any atom is 0.0612 e. The van der Waals surface area contributed by atoms with Gasteiger partial charge in [-0.05, 0) is 38.0 Å². The third-order valence-corrected chi connectivity index (χ3v) is 4.25. The van der Waals surface area contributed by atoms with Gasteiger partial charge in [0.1, 0.15) is 0 Å². The number of nitrogens with one attached hydrogen (secondary N) is 1. The summed E-state index contributed by atoms with van der Waals surface area (Å²) in [5.41, 5.74) is 0. The van der Waals surface area contributed by atoms with E-state index in [1.54, 1.807) is 0 Å². The Bertz CT molecular complexity index is 232. The Hall–Kier alpha value is -0.120. The Morgan fingerprint density at radius 2 is 1.88 bits per heavy atom. The van der Waals surface area contributed by atoms with E-state index in [-0.39, 0.29) is 0 Å². The van der Waals surface area contributed by atoms with Crippen LogP contribution in [0.2, 0.25) is 0 Å². The first-order valence-corrected chi connectivity index (χ1v) is 7.09. The molecule has 1 saturated carbocycles. The molecule has 3 nitrogen and oxygen atoms in total. The number of rotatable bonds is 4. The molecule has 3 heteroatoms. The van der Waals surface area contributed by atoms with Gasteiger partial charge >= 0.3 is 0 Å². The van der Waals surface area contributed by atoms with E-state index < -0.39 is 0 Å². The van der Waals surface area contributed by atoms with Gasteiger partial charge in [-0.1, -0.05) is 13.8 Å². The van der Waals surface area contributed by atoms with Crippen LogP contribution in [0.1, 0.15) is 46.0 Å². The molecule has 0 amide bonds. The fourth-order valence-electron chi connectivity index (χ4n) is 3.08. The van der Waals surface area contributed by atoms with Crippen molar-refractivity contribution in [3.8, 4) is 0 Å². The Labute approximate surface area is 105 Å². The van der Waals surface area contributed by atoms with Crippen molar-refractivity contribution in [2.24, 2.45) is 5.92 Å². The molecule has 1 aliphatic heterocycles. The fraction of sp³-hybridized carbons (Fsp3) is 1.00. The molecule has 0 radical (unpaired) electrons. The normalized spacial score (nSPS) is 38.8. The lowest BCUT2D eigenvalue weighted by Crippen LogP contribution is -2.44. The molecule has 4 unspecified atom stereocenters. The van der Waals surface area contributed by atoms with Gasteiger partial charge in [-0.3, -0.25) is 0 Å². The van der Waals surface area contributed by atoms with Crippen LogP contribution >= 0.6 is 0 Å². The van der Waals surface area contributed by atoms with Gasteiger partial charge in [0, 0.05) is 25.8 Å². The van der Waals surface area contributed by atoms with Crippen molar-refractivity contribution in [2.75, 3.05) is 13.7 Å². The lowest BCUT2D eigenvalue weighted by Gasteiger charge is -2.34. The second-order valence-corrected chi connectivity index (χ2v) is 5.91. The van der Waals surface area contributed by atoms with Crippen LogP contribution in [0, 0.1) is 5.92 Å². The standard InChI is InChI=1S/C14H27NO2/c1-10(2)14-9-12(6-7-17-14)15-11-4-5-13(8-11)16-3/h10-15H,4-9H2,1-3H3. The first kappa shape index (κ1) is 13.3. The van der Waals surface area contributed by atoms with Crippen LogP contribution in [0.5, 0.6) is 0 Å². The van der Waals surface area contributed by atoms with Crippen molar-refractivity contribution in [1.29, 1.82) is 0 Å². The first-order valence-electron chi connectivity index (χ1n) is 7.09. The minimum absolute atomic E-state index is 0.445. The molecule has 2 rings (SSSR count). The summed E-state index contributed by atoms with van der Waals surface area (Å²) < 4.78 is 11.2. The van der Waals surface area contributed by atoms with Crippen LogP contribution in [0.3, 0.4) is 0 Å². The van der Waals surface area contributed by atoms with E-state index >= 15 is 0 Å². The van der Waals surface area contributed by atoms with Gasteiger partial charge in [0.2, 0.25) is 0 Å². The average molecular weight is 241 g/mol. The maximum absolute atomic E-state index is 5.81. The molecule has 2 aliphatic rings. The van der Waals surface area contributed by atoms with Gasteiger partial charge in [0.15, 0.2) is 0 Å². The van der Waals surface area contributed by atoms with Gasteiger partial charge in [-0.2, -0.15) is 0 Å². The Balaban J connectivity index is 1.75. The summed E-state index contributed by atoms with van der Waals surface area (Å²) in [6, 6.07) is 1.31. The summed E-state index contributed by atoms with van der Waals surface area (Å²) in [7, 11) is 1.83. The highest BCUT2D eigenvalue weighted by molar-refractivity contribution is 4.86. The van der Waals surface area contributed by atoms with Crippen molar-refractivity contribution in [1.82, 2.24) is 5.32 Å². The van der Waals surface area contributed by atoms with Crippen molar-refractivity contribution in [2.45, 2.75) is 70.2 Å². The maximum atomic E-state index is 5.81. The van der Waals surface area contributed by atoms with Crippen molar-refractivity contribution in [3.63, 3.8) is 0 Å². The second-order valence-electron chi connectivity index (χ2n) is 5.91. The molecule has 1 heterocycles. The van der Waals surface area contributed by atoms with Crippen LogP contribution in [0.25, 0.3) is 0 Å². The highest BCUT2D eigenvalue weighted by atomic mass is 16.5. The molecular formula is C14H27NO2. The number of hydrogen-bond donors (Lipinski definition) is 1. The number of methoxy groups -OCH3 is 1. The van der Waals surface area contributed by atoms with E-state index in [1.807, 2.05) is 7.11 Å². The minimum atomic E-state index is 0.445. The van der Waals surface area contributed by atoms with Crippen molar-refractivity contribution in [3.05, 3.63) is 0 Å². The highest BCUT2D eigenvalue weighted by Gasteiger charge is 2.30. The van der Waals surface area contributed by atoms with E-state index in [9.17, 15) is 0 Å². The minimum Gasteiger partial charge on any atom is -0.381 e. The summed E-state index contributed by atoms with van der Waals surface area (Å²) >= 11 is 0.